The predicted octanol–water partition coefficient (Wildman–Crippen LogP) is 2.46. The van der Waals surface area contributed by atoms with E-state index in [1.54, 1.807) is 30.3 Å². The summed E-state index contributed by atoms with van der Waals surface area (Å²) in [5, 5.41) is 13.1. The third-order valence-electron chi connectivity index (χ3n) is 5.66. The number of anilines is 2. The molecule has 0 aliphatic carbocycles. The van der Waals surface area contributed by atoms with E-state index in [0.29, 0.717) is 23.9 Å². The highest BCUT2D eigenvalue weighted by molar-refractivity contribution is 6.30. The number of benzene rings is 2. The van der Waals surface area contributed by atoms with Crippen LogP contribution in [0.5, 0.6) is 0 Å². The van der Waals surface area contributed by atoms with Gasteiger partial charge in [-0.2, -0.15) is 0 Å². The van der Waals surface area contributed by atoms with Crippen LogP contribution in [0.3, 0.4) is 0 Å². The van der Waals surface area contributed by atoms with Gasteiger partial charge in [-0.25, -0.2) is 4.39 Å². The van der Waals surface area contributed by atoms with E-state index in [2.05, 4.69) is 5.32 Å². The third kappa shape index (κ3) is 5.44. The second kappa shape index (κ2) is 10.3. The van der Waals surface area contributed by atoms with Crippen molar-refractivity contribution in [2.24, 2.45) is 0 Å². The number of likely N-dealkylation sites (tertiary alicyclic amines) is 1. The van der Waals surface area contributed by atoms with Gasteiger partial charge >= 0.3 is 0 Å². The number of carbonyl (C=O) groups is 3. The molecule has 2 aliphatic heterocycles. The van der Waals surface area contributed by atoms with Crippen LogP contribution in [0.1, 0.15) is 12.0 Å². The highest BCUT2D eigenvalue weighted by Crippen LogP contribution is 2.25. The van der Waals surface area contributed by atoms with Gasteiger partial charge in [0.1, 0.15) is 18.5 Å². The van der Waals surface area contributed by atoms with Crippen molar-refractivity contribution in [1.29, 1.82) is 0 Å². The molecule has 2 aromatic rings. The van der Waals surface area contributed by atoms with Crippen molar-refractivity contribution in [2.45, 2.75) is 18.6 Å². The van der Waals surface area contributed by atoms with Gasteiger partial charge in [0, 0.05) is 36.3 Å². The first-order chi connectivity index (χ1) is 16.3. The van der Waals surface area contributed by atoms with E-state index in [1.165, 1.54) is 34.1 Å². The average Bonchev–Trinajstić information content (AvgIpc) is 3.22. The molecule has 2 N–H and O–H groups in total. The normalized spacial score (nSPS) is 20.7. The van der Waals surface area contributed by atoms with Crippen LogP contribution < -0.4 is 10.2 Å². The molecule has 3 amide bonds. The van der Waals surface area contributed by atoms with Gasteiger partial charge in [-0.15, -0.1) is 0 Å². The Morgan fingerprint density at radius 3 is 2.68 bits per heavy atom. The maximum absolute atomic E-state index is 14.7. The molecule has 0 saturated carbocycles. The number of hydrogen-bond acceptors (Lipinski definition) is 5. The molecule has 4 rings (SSSR count). The SMILES string of the molecule is O=C(Nc1ccc(N2CCOCC2=O)cc1F)[C@H]1C[C@@H](O)CN1C(=O)/C=C/c1ccc(Cl)cc1. The van der Waals surface area contributed by atoms with Crippen LogP contribution in [0.2, 0.25) is 5.02 Å². The first-order valence-electron chi connectivity index (χ1n) is 10.7. The van der Waals surface area contributed by atoms with Crippen molar-refractivity contribution in [3.05, 3.63) is 64.9 Å². The maximum atomic E-state index is 14.7. The lowest BCUT2D eigenvalue weighted by molar-refractivity contribution is -0.132. The van der Waals surface area contributed by atoms with Gasteiger partial charge in [0.15, 0.2) is 0 Å². The van der Waals surface area contributed by atoms with Crippen LogP contribution >= 0.6 is 11.6 Å². The van der Waals surface area contributed by atoms with Gasteiger partial charge in [0.25, 0.3) is 5.91 Å². The minimum atomic E-state index is -0.961. The van der Waals surface area contributed by atoms with Crippen molar-refractivity contribution in [1.82, 2.24) is 4.90 Å². The molecule has 178 valence electrons. The number of amides is 3. The summed E-state index contributed by atoms with van der Waals surface area (Å²) in [6.07, 6.45) is 2.07. The van der Waals surface area contributed by atoms with Crippen LogP contribution in [0, 0.1) is 5.82 Å². The van der Waals surface area contributed by atoms with E-state index >= 15 is 0 Å². The van der Waals surface area contributed by atoms with E-state index in [0.717, 1.165) is 5.56 Å². The van der Waals surface area contributed by atoms with E-state index in [4.69, 9.17) is 16.3 Å². The fourth-order valence-electron chi connectivity index (χ4n) is 3.92. The van der Waals surface area contributed by atoms with E-state index in [-0.39, 0.29) is 31.2 Å². The number of morpholine rings is 1. The molecule has 8 nitrogen and oxygen atoms in total. The summed E-state index contributed by atoms with van der Waals surface area (Å²) in [5.41, 5.74) is 1.03. The van der Waals surface area contributed by atoms with E-state index in [1.807, 2.05) is 0 Å². The zero-order valence-electron chi connectivity index (χ0n) is 18.1. The van der Waals surface area contributed by atoms with E-state index < -0.39 is 29.8 Å². The number of aliphatic hydroxyl groups excluding tert-OH is 1. The van der Waals surface area contributed by atoms with Crippen molar-refractivity contribution < 1.29 is 28.6 Å². The molecule has 34 heavy (non-hydrogen) atoms. The van der Waals surface area contributed by atoms with Crippen LogP contribution in [0.4, 0.5) is 15.8 Å². The van der Waals surface area contributed by atoms with Crippen molar-refractivity contribution >= 4 is 46.8 Å². The Kier molecular flexibility index (Phi) is 7.26. The first-order valence-corrected chi connectivity index (χ1v) is 11.1. The summed E-state index contributed by atoms with van der Waals surface area (Å²) in [7, 11) is 0. The summed E-state index contributed by atoms with van der Waals surface area (Å²) >= 11 is 5.86. The summed E-state index contributed by atoms with van der Waals surface area (Å²) in [4.78, 5) is 40.2. The number of β-amino-alcohol motifs (C(OH)–C–C–N with tert-alkyl or cyclic N) is 1. The summed E-state index contributed by atoms with van der Waals surface area (Å²) in [6, 6.07) is 9.97. The second-order valence-electron chi connectivity index (χ2n) is 8.03. The largest absolute Gasteiger partial charge is 0.391 e. The van der Waals surface area contributed by atoms with Gasteiger partial charge in [-0.3, -0.25) is 14.4 Å². The molecule has 0 aromatic heterocycles. The highest BCUT2D eigenvalue weighted by Gasteiger charge is 2.38. The highest BCUT2D eigenvalue weighted by atomic mass is 35.5. The number of hydrogen-bond donors (Lipinski definition) is 2. The number of aliphatic hydroxyl groups is 1. The van der Waals surface area contributed by atoms with E-state index in [9.17, 15) is 23.9 Å². The molecule has 0 unspecified atom stereocenters. The molecule has 2 aliphatic rings. The number of halogens is 2. The fraction of sp³-hybridized carbons (Fsp3) is 0.292. The average molecular weight is 488 g/mol. The Balaban J connectivity index is 1.44. The van der Waals surface area contributed by atoms with Crippen LogP contribution in [0.15, 0.2) is 48.5 Å². The standard InChI is InChI=1S/C24H23ClFN3O5/c25-16-4-1-15(2-5-16)3-8-22(31)29-13-18(30)12-21(29)24(33)27-20-7-6-17(11-19(20)26)28-9-10-34-14-23(28)32/h1-8,11,18,21,30H,9-10,12-14H2,(H,27,33)/b8-3+/t18-,21-/m1/s1. The van der Waals surface area contributed by atoms with Crippen LogP contribution in [-0.2, 0) is 19.1 Å². The quantitative estimate of drug-likeness (QED) is 0.631. The van der Waals surface area contributed by atoms with Gasteiger partial charge in [-0.1, -0.05) is 23.7 Å². The number of nitrogens with zero attached hydrogens (tertiary/aromatic N) is 2. The molecule has 0 spiro atoms. The lowest BCUT2D eigenvalue weighted by Crippen LogP contribution is -2.42. The Morgan fingerprint density at radius 1 is 1.21 bits per heavy atom. The van der Waals surface area contributed by atoms with Gasteiger partial charge in [0.05, 0.1) is 18.4 Å². The first kappa shape index (κ1) is 23.9. The van der Waals surface area contributed by atoms with Crippen molar-refractivity contribution in [2.75, 3.05) is 36.5 Å². The maximum Gasteiger partial charge on any atom is 0.253 e. The molecular formula is C24H23ClFN3O5. The molecule has 0 radical (unpaired) electrons. The summed E-state index contributed by atoms with van der Waals surface area (Å²) < 4.78 is 19.8. The van der Waals surface area contributed by atoms with Gasteiger partial charge in [0.2, 0.25) is 11.8 Å². The summed E-state index contributed by atoms with van der Waals surface area (Å²) in [5.74, 6) is -2.06. The monoisotopic (exact) mass is 487 g/mol. The lowest BCUT2D eigenvalue weighted by atomic mass is 10.1. The Bertz CT molecular complexity index is 1120. The molecule has 2 fully saturated rings. The van der Waals surface area contributed by atoms with Crippen molar-refractivity contribution in [3.8, 4) is 0 Å². The third-order valence-corrected chi connectivity index (χ3v) is 5.91. The number of ether oxygens (including phenoxy) is 1. The lowest BCUT2D eigenvalue weighted by Gasteiger charge is -2.27. The zero-order valence-corrected chi connectivity index (χ0v) is 18.9. The van der Waals surface area contributed by atoms with Gasteiger partial charge < -0.3 is 25.0 Å². The Hall–Kier alpha value is -3.27. The minimum absolute atomic E-state index is 0.0115. The number of rotatable bonds is 5. The molecule has 2 heterocycles. The minimum Gasteiger partial charge on any atom is -0.391 e. The molecule has 10 heteroatoms. The zero-order chi connectivity index (χ0) is 24.2. The Labute approximate surface area is 200 Å². The number of nitrogens with one attached hydrogen (secondary N) is 1. The molecule has 0 bridgehead atoms. The smallest absolute Gasteiger partial charge is 0.253 e. The van der Waals surface area contributed by atoms with Gasteiger partial charge in [-0.05, 0) is 42.0 Å². The molecule has 2 atom stereocenters. The molecular weight excluding hydrogens is 465 g/mol. The molecule has 2 saturated heterocycles. The fourth-order valence-corrected chi connectivity index (χ4v) is 4.05. The number of carbonyl (C=O) groups excluding carboxylic acids is 3. The van der Waals surface area contributed by atoms with Crippen molar-refractivity contribution in [3.63, 3.8) is 0 Å². The molecule has 2 aromatic carbocycles. The second-order valence-corrected chi connectivity index (χ2v) is 8.47. The predicted molar refractivity (Wildman–Crippen MR) is 125 cm³/mol. The topological polar surface area (TPSA) is 99.2 Å². The van der Waals surface area contributed by atoms with Crippen LogP contribution in [-0.4, -0.2) is 66.2 Å². The van der Waals surface area contributed by atoms with Crippen LogP contribution in [0.25, 0.3) is 6.08 Å². The Morgan fingerprint density at radius 2 is 1.97 bits per heavy atom. The summed E-state index contributed by atoms with van der Waals surface area (Å²) in [6.45, 7) is 0.583.